The number of aliphatic hydroxyl groups is 3. The Bertz CT molecular complexity index is 700. The summed E-state index contributed by atoms with van der Waals surface area (Å²) in [6.07, 6.45) is -6.56. The van der Waals surface area contributed by atoms with E-state index < -0.39 is 42.6 Å². The highest BCUT2D eigenvalue weighted by molar-refractivity contribution is 5.85. The molecular weight excluding hydrogens is 352 g/mol. The van der Waals surface area contributed by atoms with Gasteiger partial charge in [0.2, 0.25) is 6.29 Å². The number of hydrogen-bond donors (Lipinski definition) is 5. The molecule has 10 heteroatoms. The number of hydrogen-bond acceptors (Lipinski definition) is 8. The Balaban J connectivity index is 2.26. The van der Waals surface area contributed by atoms with Crippen molar-refractivity contribution in [2.24, 2.45) is 0 Å². The number of aliphatic hydroxyl groups excluding tert-OH is 3. The van der Waals surface area contributed by atoms with Crippen LogP contribution in [0.2, 0.25) is 0 Å². The van der Waals surface area contributed by atoms with Gasteiger partial charge in [0.05, 0.1) is 7.11 Å². The maximum absolute atomic E-state index is 11.1. The number of methoxy groups -OCH3 is 1. The Morgan fingerprint density at radius 1 is 1.04 bits per heavy atom. The first-order valence-corrected chi connectivity index (χ1v) is 7.42. The van der Waals surface area contributed by atoms with Crippen LogP contribution in [0.5, 0.6) is 11.5 Å². The minimum absolute atomic E-state index is 0.0613. The fourth-order valence-electron chi connectivity index (χ4n) is 2.33. The average molecular weight is 370 g/mol. The van der Waals surface area contributed by atoms with Crippen LogP contribution < -0.4 is 9.47 Å². The molecule has 1 aliphatic heterocycles. The summed E-state index contributed by atoms with van der Waals surface area (Å²) in [5, 5.41) is 47.1. The Morgan fingerprint density at radius 3 is 2.27 bits per heavy atom. The topological polar surface area (TPSA) is 163 Å². The van der Waals surface area contributed by atoms with E-state index in [0.717, 1.165) is 6.08 Å². The second-order valence-corrected chi connectivity index (χ2v) is 5.47. The van der Waals surface area contributed by atoms with E-state index in [0.29, 0.717) is 11.3 Å². The lowest BCUT2D eigenvalue weighted by Gasteiger charge is -2.38. The standard InChI is InChI=1S/C16H18O10/c1-24-8-4-7(2-3-10(17)18)5-9(6-8)25-16-13(21)11(19)12(20)14(26-16)15(22)23/h2-6,11-14,16,19-21H,1H3,(H,17,18)(H,22,23)/b3-2+. The van der Waals surface area contributed by atoms with Crippen LogP contribution in [0.25, 0.3) is 6.08 Å². The summed E-state index contributed by atoms with van der Waals surface area (Å²) in [6, 6.07) is 4.30. The van der Waals surface area contributed by atoms with Gasteiger partial charge in [-0.15, -0.1) is 0 Å². The van der Waals surface area contributed by atoms with Crippen molar-refractivity contribution in [3.05, 3.63) is 29.8 Å². The van der Waals surface area contributed by atoms with E-state index in [1.165, 1.54) is 31.4 Å². The molecule has 0 amide bonds. The maximum atomic E-state index is 11.1. The molecule has 26 heavy (non-hydrogen) atoms. The van der Waals surface area contributed by atoms with E-state index in [2.05, 4.69) is 0 Å². The molecule has 1 aliphatic rings. The van der Waals surface area contributed by atoms with Crippen molar-refractivity contribution in [2.45, 2.75) is 30.7 Å². The maximum Gasteiger partial charge on any atom is 0.335 e. The summed E-state index contributed by atoms with van der Waals surface area (Å²) in [4.78, 5) is 21.7. The van der Waals surface area contributed by atoms with Crippen LogP contribution in [-0.4, -0.2) is 75.3 Å². The zero-order chi connectivity index (χ0) is 19.4. The zero-order valence-corrected chi connectivity index (χ0v) is 13.6. The van der Waals surface area contributed by atoms with Gasteiger partial charge in [-0.3, -0.25) is 0 Å². The third-order valence-electron chi connectivity index (χ3n) is 3.62. The summed E-state index contributed by atoms with van der Waals surface area (Å²) in [6.45, 7) is 0. The molecule has 0 aromatic heterocycles. The van der Waals surface area contributed by atoms with Gasteiger partial charge in [-0.05, 0) is 23.8 Å². The molecule has 0 aliphatic carbocycles. The molecule has 0 bridgehead atoms. The summed E-state index contributed by atoms with van der Waals surface area (Å²) in [5.74, 6) is -2.34. The molecule has 5 N–H and O–H groups in total. The third kappa shape index (κ3) is 4.49. The number of rotatable bonds is 6. The molecule has 5 unspecified atom stereocenters. The van der Waals surface area contributed by atoms with Gasteiger partial charge < -0.3 is 39.7 Å². The molecule has 2 rings (SSSR count). The molecular formula is C16H18O10. The summed E-state index contributed by atoms with van der Waals surface area (Å²) < 4.78 is 15.5. The van der Waals surface area contributed by atoms with Crippen LogP contribution in [0.4, 0.5) is 0 Å². The number of benzene rings is 1. The van der Waals surface area contributed by atoms with E-state index in [1.807, 2.05) is 0 Å². The first-order valence-electron chi connectivity index (χ1n) is 7.42. The van der Waals surface area contributed by atoms with E-state index in [-0.39, 0.29) is 5.75 Å². The fraction of sp³-hybridized carbons (Fsp3) is 0.375. The highest BCUT2D eigenvalue weighted by Gasteiger charge is 2.48. The van der Waals surface area contributed by atoms with Crippen molar-refractivity contribution in [3.63, 3.8) is 0 Å². The lowest BCUT2D eigenvalue weighted by atomic mass is 9.99. The first-order chi connectivity index (χ1) is 12.2. The normalized spacial score (nSPS) is 28.7. The van der Waals surface area contributed by atoms with Crippen LogP contribution in [0.15, 0.2) is 24.3 Å². The molecule has 0 spiro atoms. The second kappa shape index (κ2) is 8.15. The molecule has 10 nitrogen and oxygen atoms in total. The zero-order valence-electron chi connectivity index (χ0n) is 13.6. The lowest BCUT2D eigenvalue weighted by molar-refractivity contribution is -0.271. The van der Waals surface area contributed by atoms with E-state index in [1.54, 1.807) is 0 Å². The smallest absolute Gasteiger partial charge is 0.335 e. The van der Waals surface area contributed by atoms with Gasteiger partial charge >= 0.3 is 11.9 Å². The van der Waals surface area contributed by atoms with Gasteiger partial charge in [-0.2, -0.15) is 0 Å². The Hall–Kier alpha value is -2.66. The Morgan fingerprint density at radius 2 is 1.69 bits per heavy atom. The average Bonchev–Trinajstić information content (AvgIpc) is 2.59. The van der Waals surface area contributed by atoms with Crippen molar-refractivity contribution >= 4 is 18.0 Å². The van der Waals surface area contributed by atoms with Gasteiger partial charge in [0.1, 0.15) is 29.8 Å². The largest absolute Gasteiger partial charge is 0.497 e. The quantitative estimate of drug-likeness (QED) is 0.395. The number of aliphatic carboxylic acids is 2. The lowest BCUT2D eigenvalue weighted by Crippen LogP contribution is -2.61. The molecule has 1 fully saturated rings. The Kier molecular flexibility index (Phi) is 6.16. The molecule has 0 radical (unpaired) electrons. The predicted octanol–water partition coefficient (Wildman–Crippen LogP) is -0.936. The number of ether oxygens (including phenoxy) is 3. The SMILES string of the molecule is COc1cc(/C=C/C(=O)O)cc(OC2OC(C(=O)O)C(O)C(O)C2O)c1. The van der Waals surface area contributed by atoms with E-state index in [9.17, 15) is 24.9 Å². The van der Waals surface area contributed by atoms with Gasteiger partial charge in [-0.25, -0.2) is 9.59 Å². The van der Waals surface area contributed by atoms with E-state index >= 15 is 0 Å². The summed E-state index contributed by atoms with van der Waals surface area (Å²) in [5.41, 5.74) is 0.391. The third-order valence-corrected chi connectivity index (χ3v) is 3.62. The molecule has 1 saturated heterocycles. The molecule has 1 aromatic rings. The number of carbonyl (C=O) groups is 2. The van der Waals surface area contributed by atoms with Crippen molar-refractivity contribution in [3.8, 4) is 11.5 Å². The van der Waals surface area contributed by atoms with Crippen molar-refractivity contribution in [2.75, 3.05) is 7.11 Å². The van der Waals surface area contributed by atoms with Gasteiger partial charge in [0.25, 0.3) is 0 Å². The second-order valence-electron chi connectivity index (χ2n) is 5.47. The molecule has 1 heterocycles. The fourth-order valence-corrected chi connectivity index (χ4v) is 2.33. The van der Waals surface area contributed by atoms with Crippen LogP contribution >= 0.6 is 0 Å². The van der Waals surface area contributed by atoms with E-state index in [4.69, 9.17) is 24.4 Å². The Labute approximate surface area is 147 Å². The molecule has 142 valence electrons. The van der Waals surface area contributed by atoms with Crippen LogP contribution in [-0.2, 0) is 14.3 Å². The van der Waals surface area contributed by atoms with Gasteiger partial charge in [0, 0.05) is 12.1 Å². The van der Waals surface area contributed by atoms with Crippen molar-refractivity contribution in [1.82, 2.24) is 0 Å². The molecule has 5 atom stereocenters. The number of carboxylic acids is 2. The van der Waals surface area contributed by atoms with Gasteiger partial charge in [0.15, 0.2) is 6.10 Å². The van der Waals surface area contributed by atoms with Gasteiger partial charge in [-0.1, -0.05) is 0 Å². The first kappa shape index (κ1) is 19.7. The summed E-state index contributed by atoms with van der Waals surface area (Å²) in [7, 11) is 1.37. The highest BCUT2D eigenvalue weighted by Crippen LogP contribution is 2.28. The van der Waals surface area contributed by atoms with Crippen LogP contribution in [0, 0.1) is 0 Å². The summed E-state index contributed by atoms with van der Waals surface area (Å²) >= 11 is 0. The van der Waals surface area contributed by atoms with Crippen molar-refractivity contribution in [1.29, 1.82) is 0 Å². The van der Waals surface area contributed by atoms with Crippen LogP contribution in [0.3, 0.4) is 0 Å². The highest BCUT2D eigenvalue weighted by atomic mass is 16.7. The predicted molar refractivity (Wildman–Crippen MR) is 84.6 cm³/mol. The van der Waals surface area contributed by atoms with Crippen LogP contribution in [0.1, 0.15) is 5.56 Å². The minimum atomic E-state index is -1.83. The molecule has 0 saturated carbocycles. The minimum Gasteiger partial charge on any atom is -0.497 e. The monoisotopic (exact) mass is 370 g/mol. The van der Waals surface area contributed by atoms with Crippen molar-refractivity contribution < 1.29 is 49.3 Å². The number of carboxylic acid groups (broad SMARTS) is 2. The molecule has 1 aromatic carbocycles.